The van der Waals surface area contributed by atoms with Crippen LogP contribution in [0.3, 0.4) is 0 Å². The lowest BCUT2D eigenvalue weighted by Crippen LogP contribution is -2.30. The van der Waals surface area contributed by atoms with Crippen molar-refractivity contribution in [1.29, 1.82) is 0 Å². The molecule has 0 bridgehead atoms. The minimum Gasteiger partial charge on any atom is -0.379 e. The van der Waals surface area contributed by atoms with E-state index in [-0.39, 0.29) is 6.04 Å². The van der Waals surface area contributed by atoms with E-state index in [1.54, 1.807) is 6.92 Å². The first-order valence-corrected chi connectivity index (χ1v) is 5.81. The molecule has 0 radical (unpaired) electrons. The van der Waals surface area contributed by atoms with Crippen LogP contribution >= 0.6 is 0 Å². The molecule has 88 valence electrons. The summed E-state index contributed by atoms with van der Waals surface area (Å²) < 4.78 is 0. The minimum absolute atomic E-state index is 0.0254. The monoisotopic (exact) mass is 227 g/mol. The summed E-state index contributed by atoms with van der Waals surface area (Å²) >= 11 is 0. The van der Waals surface area contributed by atoms with Crippen molar-refractivity contribution >= 4 is 0 Å². The van der Waals surface area contributed by atoms with Crippen molar-refractivity contribution in [3.63, 3.8) is 0 Å². The van der Waals surface area contributed by atoms with Gasteiger partial charge < -0.3 is 5.11 Å². The van der Waals surface area contributed by atoms with Crippen molar-refractivity contribution in [1.82, 2.24) is 5.32 Å². The summed E-state index contributed by atoms with van der Waals surface area (Å²) in [6.45, 7) is 1.74. The predicted octanol–water partition coefficient (Wildman–Crippen LogP) is 2.70. The van der Waals surface area contributed by atoms with Crippen molar-refractivity contribution in [2.24, 2.45) is 0 Å². The van der Waals surface area contributed by atoms with E-state index in [9.17, 15) is 5.11 Å². The maximum absolute atomic E-state index is 9.53. The molecule has 2 N–H and O–H groups in total. The van der Waals surface area contributed by atoms with E-state index < -0.39 is 6.23 Å². The summed E-state index contributed by atoms with van der Waals surface area (Å²) in [7, 11) is 0. The molecule has 1 atom stereocenters. The first kappa shape index (κ1) is 11.8. The quantitative estimate of drug-likeness (QED) is 0.787. The molecule has 1 unspecified atom stereocenters. The molecule has 0 amide bonds. The van der Waals surface area contributed by atoms with Gasteiger partial charge in [0.05, 0.1) is 6.04 Å². The Morgan fingerprint density at radius 3 is 1.59 bits per heavy atom. The van der Waals surface area contributed by atoms with Gasteiger partial charge in [0, 0.05) is 0 Å². The van der Waals surface area contributed by atoms with Gasteiger partial charge in [-0.1, -0.05) is 60.7 Å². The molecule has 2 heteroatoms. The highest BCUT2D eigenvalue weighted by atomic mass is 16.3. The Kier molecular flexibility index (Phi) is 3.91. The fourth-order valence-corrected chi connectivity index (χ4v) is 1.92. The van der Waals surface area contributed by atoms with Crippen molar-refractivity contribution in [3.05, 3.63) is 71.8 Å². The molecule has 0 aliphatic heterocycles. The number of hydrogen-bond acceptors (Lipinski definition) is 2. The Hall–Kier alpha value is -1.64. The third-order valence-electron chi connectivity index (χ3n) is 2.67. The third kappa shape index (κ3) is 3.16. The Labute approximate surface area is 102 Å². The zero-order valence-electron chi connectivity index (χ0n) is 9.88. The molecule has 0 heterocycles. The summed E-state index contributed by atoms with van der Waals surface area (Å²) in [5.41, 5.74) is 2.30. The SMILES string of the molecule is CC(O)NC(c1ccccc1)c1ccccc1. The zero-order chi connectivity index (χ0) is 12.1. The van der Waals surface area contributed by atoms with Gasteiger partial charge in [0.2, 0.25) is 0 Å². The van der Waals surface area contributed by atoms with E-state index in [2.05, 4.69) is 29.6 Å². The molecule has 2 aromatic carbocycles. The summed E-state index contributed by atoms with van der Waals surface area (Å²) in [6.07, 6.45) is -0.541. The van der Waals surface area contributed by atoms with Gasteiger partial charge in [-0.05, 0) is 18.1 Å². The van der Waals surface area contributed by atoms with E-state index in [1.807, 2.05) is 36.4 Å². The Balaban J connectivity index is 2.32. The van der Waals surface area contributed by atoms with Gasteiger partial charge in [0.1, 0.15) is 6.23 Å². The highest BCUT2D eigenvalue weighted by Crippen LogP contribution is 2.21. The number of rotatable bonds is 4. The largest absolute Gasteiger partial charge is 0.379 e. The fraction of sp³-hybridized carbons (Fsp3) is 0.200. The van der Waals surface area contributed by atoms with Gasteiger partial charge in [-0.2, -0.15) is 0 Å². The fourth-order valence-electron chi connectivity index (χ4n) is 1.92. The van der Waals surface area contributed by atoms with Gasteiger partial charge in [0.25, 0.3) is 0 Å². The van der Waals surface area contributed by atoms with Crippen molar-refractivity contribution in [3.8, 4) is 0 Å². The van der Waals surface area contributed by atoms with E-state index in [0.29, 0.717) is 0 Å². The van der Waals surface area contributed by atoms with Gasteiger partial charge in [-0.15, -0.1) is 0 Å². The number of hydrogen-bond donors (Lipinski definition) is 2. The molecule has 0 fully saturated rings. The van der Waals surface area contributed by atoms with Crippen molar-refractivity contribution in [2.45, 2.75) is 19.2 Å². The summed E-state index contributed by atoms with van der Waals surface area (Å²) in [4.78, 5) is 0. The molecule has 2 aromatic rings. The third-order valence-corrected chi connectivity index (χ3v) is 2.67. The van der Waals surface area contributed by atoms with Crippen LogP contribution in [0.25, 0.3) is 0 Å². The van der Waals surface area contributed by atoms with E-state index in [0.717, 1.165) is 11.1 Å². The smallest absolute Gasteiger partial charge is 0.102 e. The molecular weight excluding hydrogens is 210 g/mol. The summed E-state index contributed by atoms with van der Waals surface area (Å²) in [5.74, 6) is 0. The van der Waals surface area contributed by atoms with E-state index in [1.165, 1.54) is 0 Å². The van der Waals surface area contributed by atoms with Gasteiger partial charge >= 0.3 is 0 Å². The van der Waals surface area contributed by atoms with Crippen molar-refractivity contribution < 1.29 is 5.11 Å². The maximum atomic E-state index is 9.53. The molecule has 0 aliphatic carbocycles. The second kappa shape index (κ2) is 5.62. The van der Waals surface area contributed by atoms with Gasteiger partial charge in [0.15, 0.2) is 0 Å². The number of nitrogens with one attached hydrogen (secondary N) is 1. The Morgan fingerprint density at radius 1 is 0.824 bits per heavy atom. The van der Waals surface area contributed by atoms with Gasteiger partial charge in [-0.25, -0.2) is 0 Å². The zero-order valence-corrected chi connectivity index (χ0v) is 9.88. The lowest BCUT2D eigenvalue weighted by Gasteiger charge is -2.21. The molecule has 17 heavy (non-hydrogen) atoms. The molecule has 0 saturated heterocycles. The number of aliphatic hydroxyl groups excluding tert-OH is 1. The number of benzene rings is 2. The molecule has 2 rings (SSSR count). The lowest BCUT2D eigenvalue weighted by atomic mass is 9.99. The Morgan fingerprint density at radius 2 is 1.24 bits per heavy atom. The molecule has 0 spiro atoms. The highest BCUT2D eigenvalue weighted by Gasteiger charge is 2.14. The second-order valence-corrected chi connectivity index (χ2v) is 4.10. The van der Waals surface area contributed by atoms with Gasteiger partial charge in [-0.3, -0.25) is 5.32 Å². The normalized spacial score (nSPS) is 12.6. The summed E-state index contributed by atoms with van der Waals surface area (Å²) in [5, 5.41) is 12.7. The average molecular weight is 227 g/mol. The van der Waals surface area contributed by atoms with Crippen molar-refractivity contribution in [2.75, 3.05) is 0 Å². The molecule has 0 aromatic heterocycles. The molecule has 0 aliphatic rings. The van der Waals surface area contributed by atoms with Crippen LogP contribution in [0, 0.1) is 0 Å². The highest BCUT2D eigenvalue weighted by molar-refractivity contribution is 5.31. The van der Waals surface area contributed by atoms with Crippen LogP contribution in [0.15, 0.2) is 60.7 Å². The van der Waals surface area contributed by atoms with E-state index in [4.69, 9.17) is 0 Å². The first-order valence-electron chi connectivity index (χ1n) is 5.81. The Bertz CT molecular complexity index is 399. The standard InChI is InChI=1S/C15H17NO/c1-12(17)16-15(13-8-4-2-5-9-13)14-10-6-3-7-11-14/h2-12,15-17H,1H3. The van der Waals surface area contributed by atoms with Crippen LogP contribution in [0.1, 0.15) is 24.1 Å². The molecule has 0 saturated carbocycles. The minimum atomic E-state index is -0.541. The van der Waals surface area contributed by atoms with Crippen LogP contribution in [0.4, 0.5) is 0 Å². The van der Waals surface area contributed by atoms with E-state index >= 15 is 0 Å². The predicted molar refractivity (Wildman–Crippen MR) is 69.5 cm³/mol. The number of aliphatic hydroxyl groups is 1. The molecular formula is C15H17NO. The van der Waals surface area contributed by atoms with Crippen LogP contribution in [0.2, 0.25) is 0 Å². The lowest BCUT2D eigenvalue weighted by molar-refractivity contribution is 0.147. The summed E-state index contributed by atoms with van der Waals surface area (Å²) in [6, 6.07) is 20.3. The topological polar surface area (TPSA) is 32.3 Å². The van der Waals surface area contributed by atoms with Crippen LogP contribution in [0.5, 0.6) is 0 Å². The second-order valence-electron chi connectivity index (χ2n) is 4.10. The molecule has 2 nitrogen and oxygen atoms in total. The maximum Gasteiger partial charge on any atom is 0.102 e. The first-order chi connectivity index (χ1) is 8.27. The van der Waals surface area contributed by atoms with Crippen LogP contribution < -0.4 is 5.32 Å². The average Bonchev–Trinajstić information content (AvgIpc) is 2.38. The van der Waals surface area contributed by atoms with Crippen LogP contribution in [-0.4, -0.2) is 11.3 Å². The van der Waals surface area contributed by atoms with Crippen LogP contribution in [-0.2, 0) is 0 Å².